The van der Waals surface area contributed by atoms with Crippen molar-refractivity contribution in [3.63, 3.8) is 0 Å². The van der Waals surface area contributed by atoms with Crippen LogP contribution in [0.15, 0.2) is 29.4 Å². The molecule has 0 aliphatic carbocycles. The SMILES string of the molecule is CCc1cccc2c(CCNC(=NC)NCCCOC)c[nH]c12.I. The summed E-state index contributed by atoms with van der Waals surface area (Å²) < 4.78 is 5.04. The summed E-state index contributed by atoms with van der Waals surface area (Å²) in [4.78, 5) is 7.66. The number of aliphatic imine (C=N–C) groups is 1. The third-order valence-electron chi connectivity index (χ3n) is 4.00. The minimum absolute atomic E-state index is 0. The molecule has 2 rings (SSSR count). The molecular formula is C18H29IN4O. The lowest BCUT2D eigenvalue weighted by Gasteiger charge is -2.11. The van der Waals surface area contributed by atoms with Gasteiger partial charge in [-0.1, -0.05) is 25.1 Å². The van der Waals surface area contributed by atoms with E-state index in [0.29, 0.717) is 0 Å². The fraction of sp³-hybridized carbons (Fsp3) is 0.500. The van der Waals surface area contributed by atoms with Gasteiger partial charge in [0.25, 0.3) is 0 Å². The summed E-state index contributed by atoms with van der Waals surface area (Å²) in [5.41, 5.74) is 3.99. The van der Waals surface area contributed by atoms with Gasteiger partial charge in [0, 0.05) is 51.0 Å². The first-order valence-electron chi connectivity index (χ1n) is 8.31. The Morgan fingerprint density at radius 2 is 2.00 bits per heavy atom. The molecule has 0 spiro atoms. The van der Waals surface area contributed by atoms with Crippen LogP contribution in [0, 0.1) is 0 Å². The van der Waals surface area contributed by atoms with Crippen molar-refractivity contribution in [1.82, 2.24) is 15.6 Å². The lowest BCUT2D eigenvalue weighted by Crippen LogP contribution is -2.38. The van der Waals surface area contributed by atoms with Gasteiger partial charge < -0.3 is 20.4 Å². The number of fused-ring (bicyclic) bond motifs is 1. The summed E-state index contributed by atoms with van der Waals surface area (Å²) in [6, 6.07) is 6.52. The van der Waals surface area contributed by atoms with E-state index in [9.17, 15) is 0 Å². The molecule has 0 radical (unpaired) electrons. The molecule has 0 unspecified atom stereocenters. The van der Waals surface area contributed by atoms with Crippen molar-refractivity contribution in [2.45, 2.75) is 26.2 Å². The van der Waals surface area contributed by atoms with E-state index < -0.39 is 0 Å². The number of rotatable bonds is 8. The Bertz CT molecular complexity index is 639. The number of aryl methyl sites for hydroxylation is 1. The molecule has 1 aromatic heterocycles. The van der Waals surface area contributed by atoms with E-state index in [1.165, 1.54) is 22.0 Å². The van der Waals surface area contributed by atoms with Crippen LogP contribution in [0.4, 0.5) is 0 Å². The van der Waals surface area contributed by atoms with Crippen molar-refractivity contribution in [1.29, 1.82) is 0 Å². The predicted octanol–water partition coefficient (Wildman–Crippen LogP) is 3.09. The van der Waals surface area contributed by atoms with Crippen LogP contribution in [-0.4, -0.2) is 44.8 Å². The third kappa shape index (κ3) is 5.66. The number of nitrogens with zero attached hydrogens (tertiary/aromatic N) is 1. The van der Waals surface area contributed by atoms with Gasteiger partial charge in [-0.05, 0) is 30.4 Å². The Kier molecular flexibility index (Phi) is 9.78. The van der Waals surface area contributed by atoms with Crippen LogP contribution in [0.3, 0.4) is 0 Å². The van der Waals surface area contributed by atoms with Crippen LogP contribution in [0.1, 0.15) is 24.5 Å². The zero-order valence-electron chi connectivity index (χ0n) is 14.8. The minimum Gasteiger partial charge on any atom is -0.385 e. The summed E-state index contributed by atoms with van der Waals surface area (Å²) in [6.45, 7) is 4.67. The number of H-pyrrole nitrogens is 1. The molecule has 0 saturated carbocycles. The van der Waals surface area contributed by atoms with Gasteiger partial charge in [-0.15, -0.1) is 24.0 Å². The summed E-state index contributed by atoms with van der Waals surface area (Å²) in [7, 11) is 3.52. The van der Waals surface area contributed by atoms with Gasteiger partial charge in [-0.2, -0.15) is 0 Å². The van der Waals surface area contributed by atoms with Gasteiger partial charge in [0.05, 0.1) is 0 Å². The van der Waals surface area contributed by atoms with Gasteiger partial charge in [-0.25, -0.2) is 0 Å². The van der Waals surface area contributed by atoms with Crippen molar-refractivity contribution in [2.24, 2.45) is 4.99 Å². The molecule has 3 N–H and O–H groups in total. The minimum atomic E-state index is 0. The van der Waals surface area contributed by atoms with E-state index >= 15 is 0 Å². The van der Waals surface area contributed by atoms with Gasteiger partial charge in [0.2, 0.25) is 0 Å². The topological polar surface area (TPSA) is 61.4 Å². The molecule has 1 aromatic carbocycles. The molecule has 0 aliphatic heterocycles. The number of hydrogen-bond donors (Lipinski definition) is 3. The fourth-order valence-electron chi connectivity index (χ4n) is 2.74. The number of para-hydroxylation sites is 1. The normalized spacial score (nSPS) is 11.4. The lowest BCUT2D eigenvalue weighted by molar-refractivity contribution is 0.195. The molecule has 0 fully saturated rings. The number of aromatic amines is 1. The first kappa shape index (κ1) is 20.8. The number of nitrogens with one attached hydrogen (secondary N) is 3. The third-order valence-corrected chi connectivity index (χ3v) is 4.00. The van der Waals surface area contributed by atoms with E-state index in [4.69, 9.17) is 4.74 Å². The molecule has 0 atom stereocenters. The summed E-state index contributed by atoms with van der Waals surface area (Å²) in [6.07, 6.45) is 5.11. The first-order valence-corrected chi connectivity index (χ1v) is 8.31. The highest BCUT2D eigenvalue weighted by atomic mass is 127. The van der Waals surface area contributed by atoms with Crippen molar-refractivity contribution in [3.8, 4) is 0 Å². The van der Waals surface area contributed by atoms with Crippen LogP contribution in [0.5, 0.6) is 0 Å². The largest absolute Gasteiger partial charge is 0.385 e. The number of hydrogen-bond acceptors (Lipinski definition) is 2. The Labute approximate surface area is 161 Å². The maximum Gasteiger partial charge on any atom is 0.190 e. The molecule has 0 saturated heterocycles. The number of methoxy groups -OCH3 is 1. The van der Waals surface area contributed by atoms with Crippen LogP contribution in [0.25, 0.3) is 10.9 Å². The van der Waals surface area contributed by atoms with Crippen LogP contribution in [0.2, 0.25) is 0 Å². The van der Waals surface area contributed by atoms with Crippen molar-refractivity contribution in [2.75, 3.05) is 33.9 Å². The molecule has 0 bridgehead atoms. The summed E-state index contributed by atoms with van der Waals surface area (Å²) >= 11 is 0. The number of aromatic nitrogens is 1. The number of halogens is 1. The van der Waals surface area contributed by atoms with Gasteiger partial charge >= 0.3 is 0 Å². The van der Waals surface area contributed by atoms with Gasteiger partial charge in [-0.3, -0.25) is 4.99 Å². The first-order chi connectivity index (χ1) is 11.3. The smallest absolute Gasteiger partial charge is 0.190 e. The maximum absolute atomic E-state index is 5.04. The zero-order valence-corrected chi connectivity index (χ0v) is 17.1. The predicted molar refractivity (Wildman–Crippen MR) is 113 cm³/mol. The molecule has 5 nitrogen and oxygen atoms in total. The number of benzene rings is 1. The summed E-state index contributed by atoms with van der Waals surface area (Å²) in [5.74, 6) is 0.843. The van der Waals surface area contributed by atoms with Crippen LogP contribution >= 0.6 is 24.0 Å². The quantitative estimate of drug-likeness (QED) is 0.254. The molecule has 134 valence electrons. The van der Waals surface area contributed by atoms with Crippen molar-refractivity contribution >= 4 is 40.8 Å². The maximum atomic E-state index is 5.04. The van der Waals surface area contributed by atoms with Crippen molar-refractivity contribution in [3.05, 3.63) is 35.5 Å². The van der Waals surface area contributed by atoms with Crippen molar-refractivity contribution < 1.29 is 4.74 Å². The Morgan fingerprint density at radius 1 is 1.21 bits per heavy atom. The summed E-state index contributed by atoms with van der Waals surface area (Å²) in [5, 5.41) is 7.98. The average Bonchev–Trinajstić information content (AvgIpc) is 3.00. The second-order valence-electron chi connectivity index (χ2n) is 5.53. The van der Waals surface area contributed by atoms with Gasteiger partial charge in [0.1, 0.15) is 0 Å². The highest BCUT2D eigenvalue weighted by Gasteiger charge is 2.06. The molecular weight excluding hydrogens is 415 g/mol. The second kappa shape index (κ2) is 11.3. The van der Waals surface area contributed by atoms with Gasteiger partial charge in [0.15, 0.2) is 5.96 Å². The van der Waals surface area contributed by atoms with E-state index in [1.807, 2.05) is 0 Å². The molecule has 0 amide bonds. The zero-order chi connectivity index (χ0) is 16.5. The van der Waals surface area contributed by atoms with E-state index in [-0.39, 0.29) is 24.0 Å². The Morgan fingerprint density at radius 3 is 2.71 bits per heavy atom. The molecule has 2 aromatic rings. The monoisotopic (exact) mass is 444 g/mol. The highest BCUT2D eigenvalue weighted by molar-refractivity contribution is 14.0. The standard InChI is InChI=1S/C18H28N4O.HI/c1-4-14-7-5-8-16-15(13-22-17(14)16)9-11-21-18(19-2)20-10-6-12-23-3;/h5,7-8,13,22H,4,6,9-12H2,1-3H3,(H2,19,20,21);1H. The van der Waals surface area contributed by atoms with E-state index in [1.54, 1.807) is 14.2 Å². The Balaban J connectivity index is 0.00000288. The molecule has 24 heavy (non-hydrogen) atoms. The number of ether oxygens (including phenoxy) is 1. The van der Waals surface area contributed by atoms with Crippen LogP contribution < -0.4 is 10.6 Å². The fourth-order valence-corrected chi connectivity index (χ4v) is 2.74. The lowest BCUT2D eigenvalue weighted by atomic mass is 10.1. The van der Waals surface area contributed by atoms with Crippen LogP contribution in [-0.2, 0) is 17.6 Å². The molecule has 6 heteroatoms. The number of guanidine groups is 1. The molecule has 0 aliphatic rings. The molecule has 1 heterocycles. The van der Waals surface area contributed by atoms with E-state index in [0.717, 1.165) is 44.9 Å². The average molecular weight is 444 g/mol. The Hall–Kier alpha value is -1.28. The highest BCUT2D eigenvalue weighted by Crippen LogP contribution is 2.22. The second-order valence-corrected chi connectivity index (χ2v) is 5.53. The van der Waals surface area contributed by atoms with E-state index in [2.05, 4.69) is 51.9 Å².